The molecule has 2 aromatic rings. The molecule has 0 aliphatic heterocycles. The molecule has 0 unspecified atom stereocenters. The molecule has 6 heteroatoms. The Labute approximate surface area is 159 Å². The summed E-state index contributed by atoms with van der Waals surface area (Å²) < 4.78 is 22.0. The number of fused-ring (bicyclic) bond motifs is 2. The van der Waals surface area contributed by atoms with E-state index in [0.717, 1.165) is 30.4 Å². The van der Waals surface area contributed by atoms with Crippen molar-refractivity contribution in [2.75, 3.05) is 35.0 Å². The van der Waals surface area contributed by atoms with Gasteiger partial charge in [-0.3, -0.25) is 4.79 Å². The van der Waals surface area contributed by atoms with Crippen molar-refractivity contribution < 1.29 is 23.7 Å². The number of ether oxygens (including phenoxy) is 4. The van der Waals surface area contributed by atoms with Crippen LogP contribution in [0, 0.1) is 0 Å². The van der Waals surface area contributed by atoms with Gasteiger partial charge in [0.1, 0.15) is 0 Å². The third-order valence-corrected chi connectivity index (χ3v) is 5.11. The Balaban J connectivity index is 2.19. The van der Waals surface area contributed by atoms with Gasteiger partial charge in [0, 0.05) is 12.5 Å². The Morgan fingerprint density at radius 1 is 0.815 bits per heavy atom. The molecule has 0 radical (unpaired) electrons. The molecule has 0 aromatic heterocycles. The van der Waals surface area contributed by atoms with Gasteiger partial charge in [0.2, 0.25) is 6.41 Å². The number of nitrogens with one attached hydrogen (secondary N) is 1. The number of hydrogen-bond acceptors (Lipinski definition) is 5. The fourth-order valence-electron chi connectivity index (χ4n) is 3.78. The van der Waals surface area contributed by atoms with E-state index in [1.54, 1.807) is 28.4 Å². The second-order valence-electron chi connectivity index (χ2n) is 6.39. The molecule has 1 N–H and O–H groups in total. The first-order chi connectivity index (χ1) is 13.2. The van der Waals surface area contributed by atoms with Crippen LogP contribution in [0.2, 0.25) is 0 Å². The van der Waals surface area contributed by atoms with E-state index in [-0.39, 0.29) is 5.92 Å². The summed E-state index contributed by atoms with van der Waals surface area (Å²) in [5.41, 5.74) is 4.60. The minimum Gasteiger partial charge on any atom is -0.493 e. The number of carbonyl (C=O) groups is 1. The Hall–Kier alpha value is -2.89. The van der Waals surface area contributed by atoms with Crippen molar-refractivity contribution in [1.29, 1.82) is 0 Å². The molecule has 0 saturated heterocycles. The van der Waals surface area contributed by atoms with Crippen molar-refractivity contribution >= 4 is 6.41 Å². The topological polar surface area (TPSA) is 66.0 Å². The van der Waals surface area contributed by atoms with Crippen molar-refractivity contribution in [3.63, 3.8) is 0 Å². The monoisotopic (exact) mass is 371 g/mol. The van der Waals surface area contributed by atoms with Crippen molar-refractivity contribution in [2.45, 2.75) is 18.8 Å². The molecule has 0 spiro atoms. The Kier molecular flexibility index (Phi) is 5.74. The minimum absolute atomic E-state index is 0.0256. The Morgan fingerprint density at radius 2 is 1.22 bits per heavy atom. The standard InChI is InChI=1S/C21H25NO5/c1-24-18-7-13-5-6-14-8-19(25-2)21(27-4)10-16(14)17(11-22-12-23)15(13)9-20(18)26-3/h7-10,12,17H,5-6,11H2,1-4H3,(H,22,23). The van der Waals surface area contributed by atoms with Crippen LogP contribution < -0.4 is 24.3 Å². The van der Waals surface area contributed by atoms with Crippen LogP contribution in [0.15, 0.2) is 24.3 Å². The van der Waals surface area contributed by atoms with E-state index in [2.05, 4.69) is 5.32 Å². The first-order valence-corrected chi connectivity index (χ1v) is 8.83. The lowest BCUT2D eigenvalue weighted by Crippen LogP contribution is -2.22. The van der Waals surface area contributed by atoms with Gasteiger partial charge in [0.05, 0.1) is 28.4 Å². The maximum absolute atomic E-state index is 11.0. The fraction of sp³-hybridized carbons (Fsp3) is 0.381. The van der Waals surface area contributed by atoms with E-state index >= 15 is 0 Å². The summed E-state index contributed by atoms with van der Waals surface area (Å²) in [6.45, 7) is 0.481. The molecule has 0 atom stereocenters. The number of benzene rings is 2. The number of amides is 1. The van der Waals surface area contributed by atoms with Crippen LogP contribution in [0.5, 0.6) is 23.0 Å². The van der Waals surface area contributed by atoms with Crippen LogP contribution in [0.1, 0.15) is 28.2 Å². The van der Waals surface area contributed by atoms with E-state index in [9.17, 15) is 4.79 Å². The summed E-state index contributed by atoms with van der Waals surface area (Å²) in [7, 11) is 6.52. The second-order valence-corrected chi connectivity index (χ2v) is 6.39. The molecular weight excluding hydrogens is 346 g/mol. The van der Waals surface area contributed by atoms with E-state index < -0.39 is 0 Å². The van der Waals surface area contributed by atoms with Crippen LogP contribution in [-0.2, 0) is 17.6 Å². The van der Waals surface area contributed by atoms with Gasteiger partial charge in [-0.25, -0.2) is 0 Å². The van der Waals surface area contributed by atoms with Crippen molar-refractivity contribution in [3.05, 3.63) is 46.5 Å². The van der Waals surface area contributed by atoms with Crippen LogP contribution in [0.4, 0.5) is 0 Å². The zero-order chi connectivity index (χ0) is 19.4. The van der Waals surface area contributed by atoms with Crippen LogP contribution in [0.3, 0.4) is 0 Å². The maximum atomic E-state index is 11.0. The predicted molar refractivity (Wildman–Crippen MR) is 102 cm³/mol. The van der Waals surface area contributed by atoms with E-state index in [0.29, 0.717) is 29.5 Å². The molecule has 2 aromatic carbocycles. The highest BCUT2D eigenvalue weighted by atomic mass is 16.5. The van der Waals surface area contributed by atoms with Gasteiger partial charge in [-0.05, 0) is 59.4 Å². The lowest BCUT2D eigenvalue weighted by Gasteiger charge is -2.23. The zero-order valence-corrected chi connectivity index (χ0v) is 16.1. The molecule has 0 heterocycles. The van der Waals surface area contributed by atoms with E-state index in [1.165, 1.54) is 11.1 Å². The number of aryl methyl sites for hydroxylation is 2. The van der Waals surface area contributed by atoms with Gasteiger partial charge >= 0.3 is 0 Å². The molecule has 27 heavy (non-hydrogen) atoms. The van der Waals surface area contributed by atoms with Crippen molar-refractivity contribution in [3.8, 4) is 23.0 Å². The van der Waals surface area contributed by atoms with Gasteiger partial charge in [0.15, 0.2) is 23.0 Å². The summed E-state index contributed by atoms with van der Waals surface area (Å²) >= 11 is 0. The van der Waals surface area contributed by atoms with Gasteiger partial charge in [-0.2, -0.15) is 0 Å². The Bertz CT molecular complexity index is 770. The van der Waals surface area contributed by atoms with Gasteiger partial charge in [-0.1, -0.05) is 0 Å². The molecule has 3 rings (SSSR count). The average Bonchev–Trinajstić information content (AvgIpc) is 2.85. The quantitative estimate of drug-likeness (QED) is 0.758. The summed E-state index contributed by atoms with van der Waals surface area (Å²) in [6, 6.07) is 8.08. The smallest absolute Gasteiger partial charge is 0.207 e. The number of rotatable bonds is 7. The molecule has 0 saturated carbocycles. The first-order valence-electron chi connectivity index (χ1n) is 8.83. The average molecular weight is 371 g/mol. The SMILES string of the molecule is COc1cc2c(cc1OC)C(CNC=O)c1cc(OC)c(OC)cc1CC2. The number of hydrogen-bond donors (Lipinski definition) is 1. The molecular formula is C21H25NO5. The molecule has 1 aliphatic carbocycles. The predicted octanol–water partition coefficient (Wildman–Crippen LogP) is 2.70. The van der Waals surface area contributed by atoms with Crippen LogP contribution in [-0.4, -0.2) is 41.4 Å². The third-order valence-electron chi connectivity index (χ3n) is 5.11. The Morgan fingerprint density at radius 3 is 1.59 bits per heavy atom. The van der Waals surface area contributed by atoms with Gasteiger partial charge in [-0.15, -0.1) is 0 Å². The van der Waals surface area contributed by atoms with E-state index in [4.69, 9.17) is 18.9 Å². The molecule has 144 valence electrons. The molecule has 6 nitrogen and oxygen atoms in total. The summed E-state index contributed by atoms with van der Waals surface area (Å²) in [4.78, 5) is 11.0. The highest BCUT2D eigenvalue weighted by Gasteiger charge is 2.27. The summed E-state index contributed by atoms with van der Waals surface area (Å²) in [6.07, 6.45) is 2.44. The highest BCUT2D eigenvalue weighted by molar-refractivity contribution is 5.57. The lowest BCUT2D eigenvalue weighted by molar-refractivity contribution is -0.109. The van der Waals surface area contributed by atoms with Gasteiger partial charge in [0.25, 0.3) is 0 Å². The highest BCUT2D eigenvalue weighted by Crippen LogP contribution is 2.43. The molecule has 0 fully saturated rings. The largest absolute Gasteiger partial charge is 0.493 e. The first kappa shape index (κ1) is 18.9. The van der Waals surface area contributed by atoms with Crippen molar-refractivity contribution in [2.24, 2.45) is 0 Å². The normalized spacial score (nSPS) is 13.0. The van der Waals surface area contributed by atoms with Crippen LogP contribution >= 0.6 is 0 Å². The fourth-order valence-corrected chi connectivity index (χ4v) is 3.78. The lowest BCUT2D eigenvalue weighted by atomic mass is 9.87. The summed E-state index contributed by atoms with van der Waals surface area (Å²) in [5, 5.41) is 2.84. The molecule has 1 aliphatic rings. The third kappa shape index (κ3) is 3.52. The second kappa shape index (κ2) is 8.20. The zero-order valence-electron chi connectivity index (χ0n) is 16.1. The maximum Gasteiger partial charge on any atom is 0.207 e. The minimum atomic E-state index is -0.0256. The number of carbonyl (C=O) groups excluding carboxylic acids is 1. The number of methoxy groups -OCH3 is 4. The van der Waals surface area contributed by atoms with Gasteiger partial charge < -0.3 is 24.3 Å². The van der Waals surface area contributed by atoms with Crippen molar-refractivity contribution in [1.82, 2.24) is 5.32 Å². The summed E-state index contributed by atoms with van der Waals surface area (Å²) in [5.74, 6) is 2.74. The van der Waals surface area contributed by atoms with Crippen LogP contribution in [0.25, 0.3) is 0 Å². The molecule has 1 amide bonds. The molecule has 0 bridgehead atoms. The van der Waals surface area contributed by atoms with E-state index in [1.807, 2.05) is 24.3 Å².